The van der Waals surface area contributed by atoms with Gasteiger partial charge in [-0.25, -0.2) is 4.39 Å². The van der Waals surface area contributed by atoms with E-state index in [1.165, 1.54) is 12.1 Å². The maximum Gasteiger partial charge on any atom is 0.325 e. The lowest BCUT2D eigenvalue weighted by Crippen LogP contribution is -2.27. The highest BCUT2D eigenvalue weighted by Gasteiger charge is 2.08. The lowest BCUT2D eigenvalue weighted by Gasteiger charge is -2.18. The molecule has 0 aliphatic heterocycles. The Labute approximate surface area is 101 Å². The van der Waals surface area contributed by atoms with Crippen LogP contribution in [-0.4, -0.2) is 26.2 Å². The Morgan fingerprint density at radius 2 is 2.24 bits per heavy atom. The number of rotatable bonds is 6. The normalized spacial score (nSPS) is 10.1. The number of hydrogen-bond acceptors (Lipinski definition) is 3. The number of hydrogen-bond donors (Lipinski definition) is 0. The molecule has 3 nitrogen and oxygen atoms in total. The molecule has 4 heteroatoms. The van der Waals surface area contributed by atoms with Crippen LogP contribution in [-0.2, 0) is 9.53 Å². The van der Waals surface area contributed by atoms with Gasteiger partial charge < -0.3 is 9.64 Å². The van der Waals surface area contributed by atoms with Gasteiger partial charge in [-0.2, -0.15) is 0 Å². The summed E-state index contributed by atoms with van der Waals surface area (Å²) in [5.74, 6) is -0.598. The average molecular weight is 239 g/mol. The lowest BCUT2D eigenvalue weighted by molar-refractivity contribution is -0.142. The fourth-order valence-electron chi connectivity index (χ4n) is 1.37. The van der Waals surface area contributed by atoms with Crippen molar-refractivity contribution in [1.29, 1.82) is 0 Å². The Balaban J connectivity index is 2.43. The highest BCUT2D eigenvalue weighted by atomic mass is 19.1. The average Bonchev–Trinajstić information content (AvgIpc) is 2.29. The zero-order valence-electron chi connectivity index (χ0n) is 10.3. The third kappa shape index (κ3) is 4.85. The van der Waals surface area contributed by atoms with Crippen molar-refractivity contribution in [1.82, 2.24) is 0 Å². The summed E-state index contributed by atoms with van der Waals surface area (Å²) in [6, 6.07) is 6.13. The number of anilines is 1. The third-order valence-corrected chi connectivity index (χ3v) is 2.38. The molecule has 1 aromatic rings. The van der Waals surface area contributed by atoms with Crippen LogP contribution in [0.4, 0.5) is 10.1 Å². The molecular formula is C13H18FNO2. The van der Waals surface area contributed by atoms with Crippen LogP contribution in [0.25, 0.3) is 0 Å². The van der Waals surface area contributed by atoms with Crippen molar-refractivity contribution >= 4 is 11.7 Å². The molecule has 0 fully saturated rings. The van der Waals surface area contributed by atoms with Crippen LogP contribution >= 0.6 is 0 Å². The van der Waals surface area contributed by atoms with Gasteiger partial charge in [0.2, 0.25) is 0 Å². The Kier molecular flexibility index (Phi) is 5.46. The van der Waals surface area contributed by atoms with E-state index in [2.05, 4.69) is 0 Å². The summed E-state index contributed by atoms with van der Waals surface area (Å²) in [6.07, 6.45) is 1.86. The number of benzene rings is 1. The maximum atomic E-state index is 13.0. The van der Waals surface area contributed by atoms with Crippen LogP contribution in [0.1, 0.15) is 19.8 Å². The molecule has 17 heavy (non-hydrogen) atoms. The molecule has 0 amide bonds. The zero-order valence-corrected chi connectivity index (χ0v) is 10.3. The topological polar surface area (TPSA) is 29.5 Å². The minimum absolute atomic E-state index is 0.132. The van der Waals surface area contributed by atoms with Crippen molar-refractivity contribution in [2.75, 3.05) is 25.1 Å². The molecule has 0 saturated heterocycles. The van der Waals surface area contributed by atoms with E-state index in [-0.39, 0.29) is 18.3 Å². The Morgan fingerprint density at radius 1 is 1.47 bits per heavy atom. The van der Waals surface area contributed by atoms with E-state index >= 15 is 0 Å². The molecule has 0 unspecified atom stereocenters. The van der Waals surface area contributed by atoms with Crippen molar-refractivity contribution in [3.8, 4) is 0 Å². The molecule has 0 bridgehead atoms. The molecule has 0 aromatic heterocycles. The second-order valence-electron chi connectivity index (χ2n) is 3.91. The summed E-state index contributed by atoms with van der Waals surface area (Å²) in [7, 11) is 1.73. The number of halogens is 1. The van der Waals surface area contributed by atoms with E-state index in [9.17, 15) is 9.18 Å². The highest BCUT2D eigenvalue weighted by molar-refractivity contribution is 5.75. The number of carbonyl (C=O) groups is 1. The van der Waals surface area contributed by atoms with Gasteiger partial charge in [-0.3, -0.25) is 4.79 Å². The Morgan fingerprint density at radius 3 is 2.88 bits per heavy atom. The third-order valence-electron chi connectivity index (χ3n) is 2.38. The second-order valence-corrected chi connectivity index (χ2v) is 3.91. The standard InChI is InChI=1S/C13H18FNO2/c1-3-4-8-17-13(16)10-15(2)12-7-5-6-11(14)9-12/h5-7,9H,3-4,8,10H2,1-2H3. The molecular weight excluding hydrogens is 221 g/mol. The first-order valence-corrected chi connectivity index (χ1v) is 5.75. The van der Waals surface area contributed by atoms with Gasteiger partial charge in [-0.05, 0) is 24.6 Å². The van der Waals surface area contributed by atoms with Crippen LogP contribution in [0.15, 0.2) is 24.3 Å². The summed E-state index contributed by atoms with van der Waals surface area (Å²) in [6.45, 7) is 2.62. The number of esters is 1. The van der Waals surface area contributed by atoms with Crippen LogP contribution in [0.3, 0.4) is 0 Å². The van der Waals surface area contributed by atoms with Gasteiger partial charge >= 0.3 is 5.97 Å². The summed E-state index contributed by atoms with van der Waals surface area (Å²) in [4.78, 5) is 13.1. The fraction of sp³-hybridized carbons (Fsp3) is 0.462. The van der Waals surface area contributed by atoms with E-state index in [1.807, 2.05) is 6.92 Å². The predicted octanol–water partition coefficient (Wildman–Crippen LogP) is 2.61. The Hall–Kier alpha value is -1.58. The molecule has 1 aromatic carbocycles. The minimum Gasteiger partial charge on any atom is -0.464 e. The van der Waals surface area contributed by atoms with Gasteiger partial charge in [0.25, 0.3) is 0 Å². The first-order chi connectivity index (χ1) is 8.13. The summed E-state index contributed by atoms with van der Waals surface area (Å²) >= 11 is 0. The van der Waals surface area contributed by atoms with Crippen LogP contribution in [0.5, 0.6) is 0 Å². The van der Waals surface area contributed by atoms with Gasteiger partial charge in [-0.1, -0.05) is 19.4 Å². The first kappa shape index (κ1) is 13.5. The van der Waals surface area contributed by atoms with E-state index < -0.39 is 0 Å². The van der Waals surface area contributed by atoms with Crippen LogP contribution < -0.4 is 4.90 Å². The lowest BCUT2D eigenvalue weighted by atomic mass is 10.3. The minimum atomic E-state index is -0.311. The van der Waals surface area contributed by atoms with Crippen molar-refractivity contribution in [2.24, 2.45) is 0 Å². The van der Waals surface area contributed by atoms with Gasteiger partial charge in [0.05, 0.1) is 6.61 Å². The summed E-state index contributed by atoms with van der Waals surface area (Å²) in [5.41, 5.74) is 0.664. The van der Waals surface area contributed by atoms with Crippen LogP contribution in [0.2, 0.25) is 0 Å². The smallest absolute Gasteiger partial charge is 0.325 e. The molecule has 0 radical (unpaired) electrons. The monoisotopic (exact) mass is 239 g/mol. The van der Waals surface area contributed by atoms with E-state index in [4.69, 9.17) is 4.74 Å². The zero-order chi connectivity index (χ0) is 12.7. The molecule has 1 rings (SSSR count). The Bertz CT molecular complexity index is 368. The number of unbranched alkanes of at least 4 members (excludes halogenated alkanes) is 1. The number of ether oxygens (including phenoxy) is 1. The van der Waals surface area contributed by atoms with Crippen molar-refractivity contribution in [2.45, 2.75) is 19.8 Å². The molecule has 0 N–H and O–H groups in total. The highest BCUT2D eigenvalue weighted by Crippen LogP contribution is 2.13. The van der Waals surface area contributed by atoms with Gasteiger partial charge in [-0.15, -0.1) is 0 Å². The number of nitrogens with zero attached hydrogens (tertiary/aromatic N) is 1. The van der Waals surface area contributed by atoms with Crippen molar-refractivity contribution in [3.05, 3.63) is 30.1 Å². The fourth-order valence-corrected chi connectivity index (χ4v) is 1.37. The molecule has 0 aliphatic rings. The van der Waals surface area contributed by atoms with Gasteiger partial charge in [0.15, 0.2) is 0 Å². The van der Waals surface area contributed by atoms with E-state index in [0.29, 0.717) is 12.3 Å². The number of carbonyl (C=O) groups excluding carboxylic acids is 1. The molecule has 0 aliphatic carbocycles. The molecule has 0 spiro atoms. The van der Waals surface area contributed by atoms with Crippen molar-refractivity contribution in [3.63, 3.8) is 0 Å². The maximum absolute atomic E-state index is 13.0. The van der Waals surface area contributed by atoms with E-state index in [0.717, 1.165) is 12.8 Å². The van der Waals surface area contributed by atoms with E-state index in [1.54, 1.807) is 24.1 Å². The molecule has 0 saturated carbocycles. The predicted molar refractivity (Wildman–Crippen MR) is 65.5 cm³/mol. The summed E-state index contributed by atoms with van der Waals surface area (Å²) in [5, 5.41) is 0. The first-order valence-electron chi connectivity index (χ1n) is 5.75. The molecule has 0 heterocycles. The second kappa shape index (κ2) is 6.89. The van der Waals surface area contributed by atoms with Crippen LogP contribution in [0, 0.1) is 5.82 Å². The number of likely N-dealkylation sites (N-methyl/N-ethyl adjacent to an activating group) is 1. The van der Waals surface area contributed by atoms with Crippen molar-refractivity contribution < 1.29 is 13.9 Å². The largest absolute Gasteiger partial charge is 0.464 e. The molecule has 0 atom stereocenters. The van der Waals surface area contributed by atoms with Gasteiger partial charge in [0, 0.05) is 12.7 Å². The molecule has 94 valence electrons. The SMILES string of the molecule is CCCCOC(=O)CN(C)c1cccc(F)c1. The quantitative estimate of drug-likeness (QED) is 0.564. The summed E-state index contributed by atoms with van der Waals surface area (Å²) < 4.78 is 18.0. The van der Waals surface area contributed by atoms with Gasteiger partial charge in [0.1, 0.15) is 12.4 Å².